The Hall–Kier alpha value is -3.27. The first-order chi connectivity index (χ1) is 18.0. The van der Waals surface area contributed by atoms with Crippen LogP contribution in [0.4, 0.5) is 0 Å². The van der Waals surface area contributed by atoms with E-state index >= 15 is 0 Å². The van der Waals surface area contributed by atoms with Crippen molar-refractivity contribution in [1.29, 1.82) is 0 Å². The van der Waals surface area contributed by atoms with E-state index in [0.29, 0.717) is 17.8 Å². The maximum atomic E-state index is 13.0. The number of hydrogen-bond donors (Lipinski definition) is 2. The second-order valence-electron chi connectivity index (χ2n) is 9.22. The third-order valence-electron chi connectivity index (χ3n) is 6.35. The molecule has 3 amide bonds. The third kappa shape index (κ3) is 7.85. The van der Waals surface area contributed by atoms with E-state index in [2.05, 4.69) is 15.5 Å². The van der Waals surface area contributed by atoms with Crippen LogP contribution >= 0.6 is 11.3 Å². The zero-order chi connectivity index (χ0) is 26.0. The van der Waals surface area contributed by atoms with E-state index in [0.717, 1.165) is 54.9 Å². The van der Waals surface area contributed by atoms with Crippen molar-refractivity contribution in [3.8, 4) is 0 Å². The van der Waals surface area contributed by atoms with Crippen molar-refractivity contribution in [2.45, 2.75) is 18.9 Å². The summed E-state index contributed by atoms with van der Waals surface area (Å²) in [5.41, 5.74) is 0.950. The highest BCUT2D eigenvalue weighted by Gasteiger charge is 2.24. The summed E-state index contributed by atoms with van der Waals surface area (Å²) in [6, 6.07) is 18.5. The van der Waals surface area contributed by atoms with Crippen molar-refractivity contribution >= 4 is 39.1 Å². The molecule has 9 heteroatoms. The lowest BCUT2D eigenvalue weighted by Crippen LogP contribution is -2.51. The van der Waals surface area contributed by atoms with Gasteiger partial charge in [0.1, 0.15) is 6.04 Å². The minimum Gasteiger partial charge on any atom is -0.379 e. The number of hydrogen-bond acceptors (Lipinski definition) is 6. The SMILES string of the molecule is CN(CC(=O)N[C@H](Cc1ccccc1)C(=O)NCCCN1CCOCC1)C(=O)c1cc2ccccc2s1. The number of nitrogens with one attached hydrogen (secondary N) is 2. The zero-order valence-corrected chi connectivity index (χ0v) is 22.0. The Morgan fingerprint density at radius 1 is 1.05 bits per heavy atom. The molecular weight excluding hydrogens is 488 g/mol. The van der Waals surface area contributed by atoms with Gasteiger partial charge in [-0.25, -0.2) is 0 Å². The number of likely N-dealkylation sites (N-methyl/N-ethyl adjacent to an activating group) is 1. The molecular formula is C28H34N4O4S. The minimum atomic E-state index is -0.730. The molecule has 1 atom stereocenters. The smallest absolute Gasteiger partial charge is 0.264 e. The van der Waals surface area contributed by atoms with Crippen LogP contribution in [0.2, 0.25) is 0 Å². The van der Waals surface area contributed by atoms with Gasteiger partial charge in [-0.15, -0.1) is 11.3 Å². The van der Waals surface area contributed by atoms with Crippen molar-refractivity contribution in [3.05, 3.63) is 71.1 Å². The van der Waals surface area contributed by atoms with Crippen LogP contribution in [0.25, 0.3) is 10.1 Å². The number of morpholine rings is 1. The highest BCUT2D eigenvalue weighted by molar-refractivity contribution is 7.20. The Balaban J connectivity index is 1.32. The molecule has 0 bridgehead atoms. The van der Waals surface area contributed by atoms with Crippen molar-refractivity contribution in [2.24, 2.45) is 0 Å². The molecule has 1 fully saturated rings. The molecule has 3 aromatic rings. The van der Waals surface area contributed by atoms with Crippen molar-refractivity contribution in [3.63, 3.8) is 0 Å². The minimum absolute atomic E-state index is 0.136. The molecule has 0 spiro atoms. The molecule has 196 valence electrons. The van der Waals surface area contributed by atoms with Gasteiger partial charge in [0.2, 0.25) is 11.8 Å². The lowest BCUT2D eigenvalue weighted by Gasteiger charge is -2.26. The van der Waals surface area contributed by atoms with Crippen molar-refractivity contribution < 1.29 is 19.1 Å². The van der Waals surface area contributed by atoms with E-state index in [1.165, 1.54) is 16.2 Å². The van der Waals surface area contributed by atoms with E-state index in [-0.39, 0.29) is 24.3 Å². The average molecular weight is 523 g/mol. The van der Waals surface area contributed by atoms with Crippen LogP contribution in [0.15, 0.2) is 60.7 Å². The molecule has 1 aliphatic heterocycles. The Morgan fingerprint density at radius 2 is 1.78 bits per heavy atom. The average Bonchev–Trinajstić information content (AvgIpc) is 3.35. The second-order valence-corrected chi connectivity index (χ2v) is 10.3. The molecule has 2 heterocycles. The van der Waals surface area contributed by atoms with Gasteiger partial charge in [0.15, 0.2) is 0 Å². The largest absolute Gasteiger partial charge is 0.379 e. The number of thiophene rings is 1. The van der Waals surface area contributed by atoms with Crippen LogP contribution in [0, 0.1) is 0 Å². The summed E-state index contributed by atoms with van der Waals surface area (Å²) in [5.74, 6) is -0.817. The van der Waals surface area contributed by atoms with Crippen LogP contribution in [-0.4, -0.2) is 86.5 Å². The van der Waals surface area contributed by atoms with Gasteiger partial charge in [0.05, 0.1) is 24.6 Å². The number of amides is 3. The monoisotopic (exact) mass is 522 g/mol. The van der Waals surface area contributed by atoms with Crippen molar-refractivity contribution in [2.75, 3.05) is 53.0 Å². The second kappa shape index (κ2) is 13.3. The van der Waals surface area contributed by atoms with E-state index in [9.17, 15) is 14.4 Å². The number of ether oxygens (including phenoxy) is 1. The summed E-state index contributed by atoms with van der Waals surface area (Å²) in [6.07, 6.45) is 1.19. The molecule has 0 saturated carbocycles. The molecule has 4 rings (SSSR count). The summed E-state index contributed by atoms with van der Waals surface area (Å²) in [6.45, 7) is 4.60. The number of fused-ring (bicyclic) bond motifs is 1. The lowest BCUT2D eigenvalue weighted by atomic mass is 10.1. The van der Waals surface area contributed by atoms with Gasteiger partial charge in [-0.2, -0.15) is 0 Å². The molecule has 0 radical (unpaired) electrons. The van der Waals surface area contributed by atoms with E-state index in [1.807, 2.05) is 60.7 Å². The van der Waals surface area contributed by atoms with Crippen LogP contribution in [0.3, 0.4) is 0 Å². The highest BCUT2D eigenvalue weighted by Crippen LogP contribution is 2.26. The topological polar surface area (TPSA) is 91.0 Å². The van der Waals surface area contributed by atoms with Gasteiger partial charge < -0.3 is 20.3 Å². The lowest BCUT2D eigenvalue weighted by molar-refractivity contribution is -0.129. The maximum absolute atomic E-state index is 13.0. The fraction of sp³-hybridized carbons (Fsp3) is 0.393. The number of benzene rings is 2. The van der Waals surface area contributed by atoms with Gasteiger partial charge in [-0.1, -0.05) is 48.5 Å². The molecule has 1 aromatic heterocycles. The molecule has 2 aromatic carbocycles. The van der Waals surface area contributed by atoms with E-state index in [1.54, 1.807) is 7.05 Å². The molecule has 37 heavy (non-hydrogen) atoms. The summed E-state index contributed by atoms with van der Waals surface area (Å²) in [4.78, 5) is 43.2. The predicted molar refractivity (Wildman–Crippen MR) is 146 cm³/mol. The van der Waals surface area contributed by atoms with Gasteiger partial charge in [-0.05, 0) is 36.0 Å². The summed E-state index contributed by atoms with van der Waals surface area (Å²) >= 11 is 1.41. The van der Waals surface area contributed by atoms with E-state index in [4.69, 9.17) is 4.74 Å². The Morgan fingerprint density at radius 3 is 2.54 bits per heavy atom. The Kier molecular flexibility index (Phi) is 9.65. The molecule has 8 nitrogen and oxygen atoms in total. The standard InChI is InChI=1S/C28H34N4O4S/c1-31(28(35)25-19-22-10-5-6-11-24(22)37-25)20-26(33)30-23(18-21-8-3-2-4-9-21)27(34)29-12-7-13-32-14-16-36-17-15-32/h2-6,8-11,19,23H,7,12-18,20H2,1H3,(H,29,34)(H,30,33)/t23-/m1/s1. The Labute approximate surface area is 221 Å². The maximum Gasteiger partial charge on any atom is 0.264 e. The van der Waals surface area contributed by atoms with Crippen LogP contribution in [-0.2, 0) is 20.7 Å². The first-order valence-corrected chi connectivity index (χ1v) is 13.5. The third-order valence-corrected chi connectivity index (χ3v) is 7.46. The molecule has 2 N–H and O–H groups in total. The number of rotatable bonds is 11. The van der Waals surface area contributed by atoms with E-state index < -0.39 is 6.04 Å². The van der Waals surface area contributed by atoms with Gasteiger partial charge >= 0.3 is 0 Å². The summed E-state index contributed by atoms with van der Waals surface area (Å²) in [5, 5.41) is 6.83. The van der Waals surface area contributed by atoms with Crippen LogP contribution in [0.1, 0.15) is 21.7 Å². The van der Waals surface area contributed by atoms with Crippen LogP contribution < -0.4 is 10.6 Å². The normalized spacial score (nSPS) is 14.7. The summed E-state index contributed by atoms with van der Waals surface area (Å²) < 4.78 is 6.40. The molecule has 1 aliphatic rings. The van der Waals surface area contributed by atoms with Gasteiger partial charge in [-0.3, -0.25) is 19.3 Å². The fourth-order valence-corrected chi connectivity index (χ4v) is 5.38. The predicted octanol–water partition coefficient (Wildman–Crippen LogP) is 2.54. The fourth-order valence-electron chi connectivity index (χ4n) is 4.32. The summed E-state index contributed by atoms with van der Waals surface area (Å²) in [7, 11) is 1.60. The van der Waals surface area contributed by atoms with Crippen molar-refractivity contribution in [1.82, 2.24) is 20.4 Å². The Bertz CT molecular complexity index is 1160. The molecule has 0 aliphatic carbocycles. The quantitative estimate of drug-likeness (QED) is 0.378. The number of carbonyl (C=O) groups excluding carboxylic acids is 3. The molecule has 0 unspecified atom stereocenters. The highest BCUT2D eigenvalue weighted by atomic mass is 32.1. The molecule has 1 saturated heterocycles. The number of carbonyl (C=O) groups is 3. The first kappa shape index (κ1) is 26.8. The van der Waals surface area contributed by atoms with Gasteiger partial charge in [0.25, 0.3) is 5.91 Å². The first-order valence-electron chi connectivity index (χ1n) is 12.6. The zero-order valence-electron chi connectivity index (χ0n) is 21.2. The van der Waals surface area contributed by atoms with Crippen LogP contribution in [0.5, 0.6) is 0 Å². The number of nitrogens with zero attached hydrogens (tertiary/aromatic N) is 2. The van der Waals surface area contributed by atoms with Gasteiger partial charge in [0, 0.05) is 37.8 Å².